The van der Waals surface area contributed by atoms with Crippen LogP contribution in [0.1, 0.15) is 64.3 Å². The molecule has 1 atom stereocenters. The number of carbonyl (C=O) groups excluding carboxylic acids is 1. The first-order chi connectivity index (χ1) is 9.21. The number of unbranched alkanes of at least 4 members (excludes halogenated alkanes) is 2. The van der Waals surface area contributed by atoms with E-state index in [4.69, 9.17) is 0 Å². The maximum absolute atomic E-state index is 12.1. The van der Waals surface area contributed by atoms with Crippen LogP contribution in [0, 0.1) is 5.92 Å². The van der Waals surface area contributed by atoms with Gasteiger partial charge in [0, 0.05) is 12.3 Å². The van der Waals surface area contributed by atoms with E-state index < -0.39 is 0 Å². The largest absolute Gasteiger partial charge is 0.300 e. The molecule has 1 N–H and O–H groups in total. The summed E-state index contributed by atoms with van der Waals surface area (Å²) in [5.41, 5.74) is 0. The van der Waals surface area contributed by atoms with Gasteiger partial charge in [0.25, 0.3) is 0 Å². The zero-order valence-corrected chi connectivity index (χ0v) is 13.1. The number of hydrogen-bond acceptors (Lipinski definition) is 4. The summed E-state index contributed by atoms with van der Waals surface area (Å²) >= 11 is 1.50. The SMILES string of the molecule is CCCCc1nnc(NC(=O)[C@H](CC)CCCC)s1. The molecule has 1 aromatic rings. The third kappa shape index (κ3) is 5.68. The van der Waals surface area contributed by atoms with Crippen molar-refractivity contribution in [3.05, 3.63) is 5.01 Å². The zero-order chi connectivity index (χ0) is 14.1. The maximum atomic E-state index is 12.1. The first kappa shape index (κ1) is 16.1. The summed E-state index contributed by atoms with van der Waals surface area (Å²) in [5.74, 6) is 0.192. The van der Waals surface area contributed by atoms with Gasteiger partial charge < -0.3 is 5.32 Å². The highest BCUT2D eigenvalue weighted by atomic mass is 32.1. The number of rotatable bonds is 9. The van der Waals surface area contributed by atoms with Crippen LogP contribution in [0.3, 0.4) is 0 Å². The monoisotopic (exact) mass is 283 g/mol. The Bertz CT molecular complexity index is 379. The topological polar surface area (TPSA) is 54.9 Å². The molecule has 1 amide bonds. The Balaban J connectivity index is 2.48. The Labute approximate surface area is 120 Å². The molecular formula is C14H25N3OS. The number of amides is 1. The van der Waals surface area contributed by atoms with Crippen LogP contribution in [0.5, 0.6) is 0 Å². The number of carbonyl (C=O) groups is 1. The molecule has 0 saturated carbocycles. The average Bonchev–Trinajstić information content (AvgIpc) is 2.84. The van der Waals surface area contributed by atoms with E-state index in [0.29, 0.717) is 5.13 Å². The quantitative estimate of drug-likeness (QED) is 0.744. The fraction of sp³-hybridized carbons (Fsp3) is 0.786. The highest BCUT2D eigenvalue weighted by Crippen LogP contribution is 2.20. The molecule has 0 aromatic carbocycles. The van der Waals surface area contributed by atoms with E-state index in [2.05, 4.69) is 36.3 Å². The number of aromatic nitrogens is 2. The van der Waals surface area contributed by atoms with Gasteiger partial charge in [0.05, 0.1) is 0 Å². The van der Waals surface area contributed by atoms with Crippen LogP contribution in [-0.2, 0) is 11.2 Å². The molecule has 0 aliphatic carbocycles. The van der Waals surface area contributed by atoms with E-state index >= 15 is 0 Å². The molecule has 0 fully saturated rings. The van der Waals surface area contributed by atoms with Crippen molar-refractivity contribution < 1.29 is 4.79 Å². The van der Waals surface area contributed by atoms with Crippen molar-refractivity contribution in [2.75, 3.05) is 5.32 Å². The molecule has 0 spiro atoms. The van der Waals surface area contributed by atoms with Crippen LogP contribution in [-0.4, -0.2) is 16.1 Å². The fourth-order valence-electron chi connectivity index (χ4n) is 1.91. The van der Waals surface area contributed by atoms with Gasteiger partial charge in [-0.05, 0) is 19.3 Å². The van der Waals surface area contributed by atoms with Crippen molar-refractivity contribution in [1.29, 1.82) is 0 Å². The van der Waals surface area contributed by atoms with Crippen LogP contribution < -0.4 is 5.32 Å². The Morgan fingerprint density at radius 2 is 1.95 bits per heavy atom. The van der Waals surface area contributed by atoms with Gasteiger partial charge >= 0.3 is 0 Å². The molecular weight excluding hydrogens is 258 g/mol. The van der Waals surface area contributed by atoms with Crippen molar-refractivity contribution in [2.24, 2.45) is 5.92 Å². The second-order valence-electron chi connectivity index (χ2n) is 4.84. The van der Waals surface area contributed by atoms with Gasteiger partial charge in [0.2, 0.25) is 11.0 Å². The highest BCUT2D eigenvalue weighted by Gasteiger charge is 2.17. The Morgan fingerprint density at radius 1 is 1.21 bits per heavy atom. The highest BCUT2D eigenvalue weighted by molar-refractivity contribution is 7.15. The lowest BCUT2D eigenvalue weighted by atomic mass is 9.99. The normalized spacial score (nSPS) is 12.4. The molecule has 19 heavy (non-hydrogen) atoms. The summed E-state index contributed by atoms with van der Waals surface area (Å²) in [6.07, 6.45) is 7.30. The van der Waals surface area contributed by atoms with Crippen molar-refractivity contribution in [3.63, 3.8) is 0 Å². The van der Waals surface area contributed by atoms with Crippen LogP contribution in [0.2, 0.25) is 0 Å². The van der Waals surface area contributed by atoms with E-state index in [0.717, 1.165) is 50.0 Å². The van der Waals surface area contributed by atoms with Crippen LogP contribution in [0.4, 0.5) is 5.13 Å². The lowest BCUT2D eigenvalue weighted by Crippen LogP contribution is -2.22. The summed E-state index contributed by atoms with van der Waals surface area (Å²) in [5, 5.41) is 12.7. The summed E-state index contributed by atoms with van der Waals surface area (Å²) in [7, 11) is 0. The first-order valence-electron chi connectivity index (χ1n) is 7.34. The molecule has 0 bridgehead atoms. The standard InChI is InChI=1S/C14H25N3OS/c1-4-7-9-11(6-3)13(18)15-14-17-16-12(19-14)10-8-5-2/h11H,4-10H2,1-3H3,(H,15,17,18)/t11-/m1/s1. The van der Waals surface area contributed by atoms with Crippen LogP contribution in [0.15, 0.2) is 0 Å². The van der Waals surface area contributed by atoms with Crippen LogP contribution in [0.25, 0.3) is 0 Å². The molecule has 1 aromatic heterocycles. The predicted molar refractivity (Wildman–Crippen MR) is 80.5 cm³/mol. The van der Waals surface area contributed by atoms with E-state index in [9.17, 15) is 4.79 Å². The van der Waals surface area contributed by atoms with E-state index in [1.807, 2.05) is 0 Å². The van der Waals surface area contributed by atoms with Gasteiger partial charge in [-0.3, -0.25) is 4.79 Å². The van der Waals surface area contributed by atoms with Gasteiger partial charge in [0.15, 0.2) is 0 Å². The van der Waals surface area contributed by atoms with Gasteiger partial charge in [-0.25, -0.2) is 0 Å². The van der Waals surface area contributed by atoms with Crippen LogP contribution >= 0.6 is 11.3 Å². The molecule has 0 radical (unpaired) electrons. The number of nitrogens with one attached hydrogen (secondary N) is 1. The van der Waals surface area contributed by atoms with Gasteiger partial charge in [0.1, 0.15) is 5.01 Å². The van der Waals surface area contributed by atoms with Gasteiger partial charge in [-0.1, -0.05) is 51.4 Å². The third-order valence-electron chi connectivity index (χ3n) is 3.21. The second kappa shape index (κ2) is 9.02. The zero-order valence-electron chi connectivity index (χ0n) is 12.2. The molecule has 0 aliphatic rings. The molecule has 5 heteroatoms. The number of aryl methyl sites for hydroxylation is 1. The molecule has 0 aliphatic heterocycles. The smallest absolute Gasteiger partial charge is 0.229 e. The minimum Gasteiger partial charge on any atom is -0.300 e. The lowest BCUT2D eigenvalue weighted by Gasteiger charge is -2.12. The summed E-state index contributed by atoms with van der Waals surface area (Å²) in [4.78, 5) is 12.1. The molecule has 1 rings (SSSR count). The number of hydrogen-bond donors (Lipinski definition) is 1. The molecule has 0 unspecified atom stereocenters. The summed E-state index contributed by atoms with van der Waals surface area (Å²) < 4.78 is 0. The summed E-state index contributed by atoms with van der Waals surface area (Å²) in [6, 6.07) is 0. The van der Waals surface area contributed by atoms with E-state index in [-0.39, 0.29) is 11.8 Å². The minimum absolute atomic E-state index is 0.0918. The molecule has 4 nitrogen and oxygen atoms in total. The van der Waals surface area contributed by atoms with Crippen molar-refractivity contribution >= 4 is 22.4 Å². The molecule has 1 heterocycles. The molecule has 108 valence electrons. The second-order valence-corrected chi connectivity index (χ2v) is 5.90. The Morgan fingerprint density at radius 3 is 2.58 bits per heavy atom. The Kier molecular flexibility index (Phi) is 7.63. The third-order valence-corrected chi connectivity index (χ3v) is 4.11. The average molecular weight is 283 g/mol. The lowest BCUT2D eigenvalue weighted by molar-refractivity contribution is -0.120. The number of nitrogens with zero attached hydrogens (tertiary/aromatic N) is 2. The van der Waals surface area contributed by atoms with Gasteiger partial charge in [-0.2, -0.15) is 0 Å². The summed E-state index contributed by atoms with van der Waals surface area (Å²) in [6.45, 7) is 6.37. The maximum Gasteiger partial charge on any atom is 0.229 e. The van der Waals surface area contributed by atoms with Crippen molar-refractivity contribution in [2.45, 2.75) is 65.7 Å². The molecule has 0 saturated heterocycles. The van der Waals surface area contributed by atoms with Crippen molar-refractivity contribution in [1.82, 2.24) is 10.2 Å². The number of anilines is 1. The minimum atomic E-state index is 0.0918. The van der Waals surface area contributed by atoms with E-state index in [1.54, 1.807) is 0 Å². The predicted octanol–water partition coefficient (Wildman–Crippen LogP) is 4.04. The van der Waals surface area contributed by atoms with E-state index in [1.165, 1.54) is 11.3 Å². The Hall–Kier alpha value is -0.970. The van der Waals surface area contributed by atoms with Crippen molar-refractivity contribution in [3.8, 4) is 0 Å². The first-order valence-corrected chi connectivity index (χ1v) is 8.16. The van der Waals surface area contributed by atoms with Gasteiger partial charge in [-0.15, -0.1) is 10.2 Å². The fourth-order valence-corrected chi connectivity index (χ4v) is 2.70.